The Bertz CT molecular complexity index is 391. The lowest BCUT2D eigenvalue weighted by Crippen LogP contribution is -1.78. The molecule has 0 saturated carbocycles. The highest BCUT2D eigenvalue weighted by molar-refractivity contribution is 9.10. The number of nitrogens with zero attached hydrogens (tertiary/aromatic N) is 3. The Hall–Kier alpha value is -1.32. The summed E-state index contributed by atoms with van der Waals surface area (Å²) in [5.41, 5.74) is 8.81. The minimum absolute atomic E-state index is 0.279. The molecule has 1 rings (SSSR count). The second-order valence-electron chi connectivity index (χ2n) is 2.85. The molecule has 0 radical (unpaired) electrons. The van der Waals surface area contributed by atoms with Gasteiger partial charge in [-0.2, -0.15) is 0 Å². The van der Waals surface area contributed by atoms with Gasteiger partial charge in [0, 0.05) is 15.9 Å². The minimum atomic E-state index is -0.279. The molecule has 0 saturated heterocycles. The van der Waals surface area contributed by atoms with Gasteiger partial charge in [0.1, 0.15) is 5.82 Å². The van der Waals surface area contributed by atoms with Gasteiger partial charge >= 0.3 is 0 Å². The van der Waals surface area contributed by atoms with Gasteiger partial charge in [0.05, 0.1) is 0 Å². The summed E-state index contributed by atoms with van der Waals surface area (Å²) in [6, 6.07) is 4.65. The van der Waals surface area contributed by atoms with Crippen LogP contribution in [0.25, 0.3) is 16.5 Å². The van der Waals surface area contributed by atoms with Gasteiger partial charge in [0.2, 0.25) is 0 Å². The molecular weight excluding hydrogens is 261 g/mol. The van der Waals surface area contributed by atoms with E-state index in [-0.39, 0.29) is 5.82 Å². The van der Waals surface area contributed by atoms with Gasteiger partial charge < -0.3 is 0 Å². The number of halogens is 2. The molecule has 0 N–H and O–H groups in total. The Morgan fingerprint density at radius 3 is 2.93 bits per heavy atom. The number of hydrogen-bond acceptors (Lipinski definition) is 1. The van der Waals surface area contributed by atoms with Gasteiger partial charge in [-0.1, -0.05) is 33.2 Å². The number of benzene rings is 1. The van der Waals surface area contributed by atoms with E-state index in [0.29, 0.717) is 17.4 Å². The Morgan fingerprint density at radius 1 is 1.47 bits per heavy atom. The molecule has 0 aliphatic heterocycles. The van der Waals surface area contributed by atoms with Crippen LogP contribution in [0.1, 0.15) is 12.0 Å². The molecule has 0 spiro atoms. The molecule has 0 bridgehead atoms. The van der Waals surface area contributed by atoms with Crippen molar-refractivity contribution >= 4 is 22.0 Å². The van der Waals surface area contributed by atoms with Crippen molar-refractivity contribution in [3.05, 3.63) is 50.6 Å². The molecule has 1 aromatic rings. The van der Waals surface area contributed by atoms with E-state index < -0.39 is 0 Å². The van der Waals surface area contributed by atoms with Crippen molar-refractivity contribution < 1.29 is 4.39 Å². The first kappa shape index (κ1) is 11.8. The fraction of sp³-hybridized carbons (Fsp3) is 0.200. The van der Waals surface area contributed by atoms with Gasteiger partial charge in [-0.05, 0) is 35.7 Å². The summed E-state index contributed by atoms with van der Waals surface area (Å²) in [5.74, 6) is -0.279. The molecular formula is C10H9BrFN3. The standard InChI is InChI=1S/C10H9BrFN3/c11-9-5-8(6-10(12)7-9)3-1-2-4-14-15-13/h1,3,5-7H,2,4H2. The molecule has 1 aromatic carbocycles. The fourth-order valence-electron chi connectivity index (χ4n) is 1.07. The van der Waals surface area contributed by atoms with E-state index in [1.54, 1.807) is 6.08 Å². The molecule has 0 unspecified atom stereocenters. The Balaban J connectivity index is 2.59. The van der Waals surface area contributed by atoms with Gasteiger partial charge in [0.25, 0.3) is 0 Å². The molecule has 3 nitrogen and oxygen atoms in total. The lowest BCUT2D eigenvalue weighted by Gasteiger charge is -1.96. The predicted octanol–water partition coefficient (Wildman–Crippen LogP) is 4.30. The maximum atomic E-state index is 12.9. The third-order valence-corrected chi connectivity index (χ3v) is 2.11. The van der Waals surface area contributed by atoms with Gasteiger partial charge in [0.15, 0.2) is 0 Å². The first-order valence-electron chi connectivity index (χ1n) is 4.36. The van der Waals surface area contributed by atoms with Crippen LogP contribution < -0.4 is 0 Å². The number of hydrogen-bond donors (Lipinski definition) is 0. The summed E-state index contributed by atoms with van der Waals surface area (Å²) in [5, 5.41) is 3.38. The molecule has 78 valence electrons. The summed E-state index contributed by atoms with van der Waals surface area (Å²) in [7, 11) is 0. The van der Waals surface area contributed by atoms with Gasteiger partial charge in [-0.3, -0.25) is 0 Å². The zero-order valence-electron chi connectivity index (χ0n) is 7.90. The molecule has 0 aromatic heterocycles. The highest BCUT2D eigenvalue weighted by Crippen LogP contribution is 2.15. The summed E-state index contributed by atoms with van der Waals surface area (Å²) < 4.78 is 13.6. The van der Waals surface area contributed by atoms with Crippen molar-refractivity contribution in [3.8, 4) is 0 Å². The minimum Gasteiger partial charge on any atom is -0.207 e. The summed E-state index contributed by atoms with van der Waals surface area (Å²) >= 11 is 3.21. The van der Waals surface area contributed by atoms with E-state index in [1.165, 1.54) is 12.1 Å². The first-order chi connectivity index (χ1) is 7.22. The Kier molecular flexibility index (Phi) is 4.87. The monoisotopic (exact) mass is 269 g/mol. The van der Waals surface area contributed by atoms with E-state index in [9.17, 15) is 4.39 Å². The molecule has 0 aliphatic rings. The van der Waals surface area contributed by atoms with Crippen LogP contribution in [0.3, 0.4) is 0 Å². The van der Waals surface area contributed by atoms with Crippen molar-refractivity contribution in [2.24, 2.45) is 5.11 Å². The predicted molar refractivity (Wildman–Crippen MR) is 61.8 cm³/mol. The van der Waals surface area contributed by atoms with Crippen molar-refractivity contribution in [2.75, 3.05) is 6.54 Å². The second-order valence-corrected chi connectivity index (χ2v) is 3.76. The van der Waals surface area contributed by atoms with Crippen molar-refractivity contribution in [3.63, 3.8) is 0 Å². The Morgan fingerprint density at radius 2 is 2.27 bits per heavy atom. The lowest BCUT2D eigenvalue weighted by molar-refractivity contribution is 0.626. The van der Waals surface area contributed by atoms with Crippen LogP contribution in [0.15, 0.2) is 33.9 Å². The Labute approximate surface area is 95.4 Å². The van der Waals surface area contributed by atoms with Gasteiger partial charge in [-0.25, -0.2) is 4.39 Å². The second kappa shape index (κ2) is 6.22. The van der Waals surface area contributed by atoms with Crippen LogP contribution in [0.2, 0.25) is 0 Å². The highest BCUT2D eigenvalue weighted by atomic mass is 79.9. The summed E-state index contributed by atoms with van der Waals surface area (Å²) in [4.78, 5) is 2.63. The zero-order valence-corrected chi connectivity index (χ0v) is 9.48. The van der Waals surface area contributed by atoms with E-state index in [0.717, 1.165) is 5.56 Å². The van der Waals surface area contributed by atoms with Gasteiger partial charge in [-0.15, -0.1) is 0 Å². The van der Waals surface area contributed by atoms with E-state index in [2.05, 4.69) is 26.0 Å². The molecule has 5 heteroatoms. The first-order valence-corrected chi connectivity index (χ1v) is 5.15. The molecule has 0 fully saturated rings. The van der Waals surface area contributed by atoms with Crippen molar-refractivity contribution in [2.45, 2.75) is 6.42 Å². The smallest absolute Gasteiger partial charge is 0.124 e. The van der Waals surface area contributed by atoms with Crippen LogP contribution in [0.5, 0.6) is 0 Å². The van der Waals surface area contributed by atoms with Crippen molar-refractivity contribution in [1.82, 2.24) is 0 Å². The quantitative estimate of drug-likeness (QED) is 0.339. The topological polar surface area (TPSA) is 48.8 Å². The van der Waals surface area contributed by atoms with Crippen LogP contribution in [-0.2, 0) is 0 Å². The largest absolute Gasteiger partial charge is 0.207 e. The molecule has 0 amide bonds. The highest BCUT2D eigenvalue weighted by Gasteiger charge is 1.94. The zero-order chi connectivity index (χ0) is 11.1. The van der Waals surface area contributed by atoms with Crippen LogP contribution in [0, 0.1) is 5.82 Å². The summed E-state index contributed by atoms with van der Waals surface area (Å²) in [6.45, 7) is 0.420. The lowest BCUT2D eigenvalue weighted by atomic mass is 10.2. The third-order valence-electron chi connectivity index (χ3n) is 1.65. The average Bonchev–Trinajstić information content (AvgIpc) is 2.16. The maximum Gasteiger partial charge on any atom is 0.124 e. The maximum absolute atomic E-state index is 12.9. The fourth-order valence-corrected chi connectivity index (χ4v) is 1.55. The van der Waals surface area contributed by atoms with Crippen LogP contribution in [-0.4, -0.2) is 6.54 Å². The SMILES string of the molecule is [N-]=[N+]=NCCC=Cc1cc(F)cc(Br)c1. The molecule has 0 atom stereocenters. The summed E-state index contributed by atoms with van der Waals surface area (Å²) in [6.07, 6.45) is 4.29. The number of rotatable bonds is 4. The molecule has 15 heavy (non-hydrogen) atoms. The van der Waals surface area contributed by atoms with Crippen LogP contribution >= 0.6 is 15.9 Å². The van der Waals surface area contributed by atoms with E-state index >= 15 is 0 Å². The number of azide groups is 1. The average molecular weight is 270 g/mol. The van der Waals surface area contributed by atoms with Crippen molar-refractivity contribution in [1.29, 1.82) is 0 Å². The molecule has 0 aliphatic carbocycles. The molecule has 0 heterocycles. The van der Waals surface area contributed by atoms with Crippen LogP contribution in [0.4, 0.5) is 4.39 Å². The van der Waals surface area contributed by atoms with E-state index in [1.807, 2.05) is 12.1 Å². The normalized spacial score (nSPS) is 10.3. The van der Waals surface area contributed by atoms with E-state index in [4.69, 9.17) is 5.53 Å². The third kappa shape index (κ3) is 4.63.